The second kappa shape index (κ2) is 10.3. The first kappa shape index (κ1) is 26.0. The molecule has 0 aliphatic carbocycles. The van der Waals surface area contributed by atoms with E-state index in [1.807, 2.05) is 17.0 Å². The Balaban J connectivity index is 1.31. The van der Waals surface area contributed by atoms with Gasteiger partial charge in [-0.1, -0.05) is 68.2 Å². The van der Waals surface area contributed by atoms with Crippen molar-refractivity contribution >= 4 is 34.8 Å². The predicted octanol–water partition coefficient (Wildman–Crippen LogP) is 5.50. The first-order valence-corrected chi connectivity index (χ1v) is 13.9. The monoisotopic (exact) mass is 529 g/mol. The molecule has 3 aliphatic rings. The number of hydrogen-bond donors (Lipinski definition) is 0. The Labute approximate surface area is 225 Å². The summed E-state index contributed by atoms with van der Waals surface area (Å²) in [5, 5.41) is 1.03. The van der Waals surface area contributed by atoms with Gasteiger partial charge < -0.3 is 9.64 Å². The number of halogens is 2. The van der Waals surface area contributed by atoms with Crippen LogP contribution in [0.15, 0.2) is 36.4 Å². The van der Waals surface area contributed by atoms with Crippen LogP contribution >= 0.6 is 23.2 Å². The molecule has 0 unspecified atom stereocenters. The van der Waals surface area contributed by atoms with Gasteiger partial charge in [-0.25, -0.2) is 0 Å². The van der Waals surface area contributed by atoms with Gasteiger partial charge in [-0.3, -0.25) is 14.6 Å². The maximum atomic E-state index is 14.0. The molecule has 2 saturated heterocycles. The van der Waals surface area contributed by atoms with E-state index >= 15 is 0 Å². The second-order valence-corrected chi connectivity index (χ2v) is 12.3. The highest BCUT2D eigenvalue weighted by molar-refractivity contribution is 6.42. The third-order valence-electron chi connectivity index (χ3n) is 8.18. The van der Waals surface area contributed by atoms with E-state index in [1.54, 1.807) is 0 Å². The van der Waals surface area contributed by atoms with E-state index in [-0.39, 0.29) is 11.3 Å². The molecule has 1 spiro atoms. The molecule has 7 heteroatoms. The van der Waals surface area contributed by atoms with Crippen LogP contribution in [0.3, 0.4) is 0 Å². The fourth-order valence-corrected chi connectivity index (χ4v) is 6.18. The molecule has 0 aromatic heterocycles. The van der Waals surface area contributed by atoms with Crippen LogP contribution in [-0.2, 0) is 26.9 Å². The minimum Gasteiger partial charge on any atom is -0.379 e. The predicted molar refractivity (Wildman–Crippen MR) is 147 cm³/mol. The lowest BCUT2D eigenvalue weighted by atomic mass is 9.73. The van der Waals surface area contributed by atoms with E-state index in [0.717, 1.165) is 76.6 Å². The van der Waals surface area contributed by atoms with Crippen LogP contribution in [0, 0.1) is 0 Å². The lowest BCUT2D eigenvalue weighted by Crippen LogP contribution is -2.50. The number of rotatable bonds is 5. The normalized spacial score (nSPS) is 20.8. The van der Waals surface area contributed by atoms with E-state index in [0.29, 0.717) is 16.6 Å². The van der Waals surface area contributed by atoms with Gasteiger partial charge in [0.05, 0.1) is 28.7 Å². The van der Waals surface area contributed by atoms with Gasteiger partial charge in [0.1, 0.15) is 0 Å². The van der Waals surface area contributed by atoms with Crippen LogP contribution < -0.4 is 4.90 Å². The third kappa shape index (κ3) is 5.06. The lowest BCUT2D eigenvalue weighted by Gasteiger charge is -2.39. The van der Waals surface area contributed by atoms with Crippen LogP contribution in [0.4, 0.5) is 5.69 Å². The van der Waals surface area contributed by atoms with E-state index in [4.69, 9.17) is 27.9 Å². The molecule has 5 rings (SSSR count). The minimum atomic E-state index is -0.513. The van der Waals surface area contributed by atoms with E-state index < -0.39 is 5.41 Å². The molecule has 3 aliphatic heterocycles. The van der Waals surface area contributed by atoms with Crippen molar-refractivity contribution in [3.63, 3.8) is 0 Å². The van der Waals surface area contributed by atoms with Gasteiger partial charge in [-0.2, -0.15) is 0 Å². The van der Waals surface area contributed by atoms with Gasteiger partial charge in [0, 0.05) is 38.4 Å². The second-order valence-electron chi connectivity index (χ2n) is 11.5. The molecule has 5 nitrogen and oxygen atoms in total. The summed E-state index contributed by atoms with van der Waals surface area (Å²) in [4.78, 5) is 20.8. The standard InChI is InChI=1S/C29H37Cl2N3O2/c1-28(2,3)22-6-4-21(5-7-22)20-33-10-8-29(9-11-33)23-18-24(30)25(31)19-26(23)34(27(29)35)13-12-32-14-16-36-17-15-32/h4-7,18-19H,8-17,20H2,1-3H3. The average molecular weight is 531 g/mol. The molecular weight excluding hydrogens is 493 g/mol. The van der Waals surface area contributed by atoms with E-state index in [2.05, 4.69) is 54.8 Å². The van der Waals surface area contributed by atoms with Gasteiger partial charge in [-0.15, -0.1) is 0 Å². The zero-order chi connectivity index (χ0) is 25.5. The molecule has 0 N–H and O–H groups in total. The zero-order valence-corrected chi connectivity index (χ0v) is 23.2. The average Bonchev–Trinajstić information content (AvgIpc) is 3.06. The van der Waals surface area contributed by atoms with Crippen molar-refractivity contribution in [3.8, 4) is 0 Å². The summed E-state index contributed by atoms with van der Waals surface area (Å²) in [6.07, 6.45) is 1.59. The topological polar surface area (TPSA) is 36.0 Å². The lowest BCUT2D eigenvalue weighted by molar-refractivity contribution is -0.125. The van der Waals surface area contributed by atoms with Gasteiger partial charge in [0.25, 0.3) is 0 Å². The van der Waals surface area contributed by atoms with Crippen molar-refractivity contribution in [2.24, 2.45) is 0 Å². The van der Waals surface area contributed by atoms with Crippen molar-refractivity contribution in [3.05, 3.63) is 63.1 Å². The van der Waals surface area contributed by atoms with Crippen LogP contribution in [0.5, 0.6) is 0 Å². The summed E-state index contributed by atoms with van der Waals surface area (Å²) in [5.41, 5.74) is 4.31. The molecule has 2 aromatic carbocycles. The highest BCUT2D eigenvalue weighted by atomic mass is 35.5. The molecule has 1 amide bonds. The quantitative estimate of drug-likeness (QED) is 0.512. The number of piperidine rings is 1. The Kier molecular flexibility index (Phi) is 7.41. The number of benzene rings is 2. The number of carbonyl (C=O) groups is 1. The molecule has 0 atom stereocenters. The highest BCUT2D eigenvalue weighted by Gasteiger charge is 2.52. The molecule has 2 fully saturated rings. The molecule has 0 saturated carbocycles. The van der Waals surface area contributed by atoms with Crippen molar-refractivity contribution in [1.82, 2.24) is 9.80 Å². The van der Waals surface area contributed by atoms with Crippen LogP contribution in [0.2, 0.25) is 10.0 Å². The number of ether oxygens (including phenoxy) is 1. The zero-order valence-electron chi connectivity index (χ0n) is 21.7. The maximum absolute atomic E-state index is 14.0. The van der Waals surface area contributed by atoms with Crippen molar-refractivity contribution in [2.45, 2.75) is 51.0 Å². The number of anilines is 1. The maximum Gasteiger partial charge on any atom is 0.237 e. The molecular formula is C29H37Cl2N3O2. The minimum absolute atomic E-state index is 0.157. The van der Waals surface area contributed by atoms with E-state index in [9.17, 15) is 4.79 Å². The van der Waals surface area contributed by atoms with Crippen LogP contribution in [-0.4, -0.2) is 68.2 Å². The highest BCUT2D eigenvalue weighted by Crippen LogP contribution is 2.50. The Morgan fingerprint density at radius 2 is 1.53 bits per heavy atom. The fourth-order valence-electron chi connectivity index (χ4n) is 5.86. The number of amides is 1. The molecule has 0 radical (unpaired) electrons. The first-order valence-electron chi connectivity index (χ1n) is 13.1. The smallest absolute Gasteiger partial charge is 0.237 e. The van der Waals surface area contributed by atoms with Crippen molar-refractivity contribution < 1.29 is 9.53 Å². The van der Waals surface area contributed by atoms with Gasteiger partial charge >= 0.3 is 0 Å². The number of morpholine rings is 1. The summed E-state index contributed by atoms with van der Waals surface area (Å²) in [6.45, 7) is 14.2. The first-order chi connectivity index (χ1) is 17.2. The Morgan fingerprint density at radius 1 is 0.889 bits per heavy atom. The van der Waals surface area contributed by atoms with Crippen LogP contribution in [0.1, 0.15) is 50.3 Å². The van der Waals surface area contributed by atoms with Crippen molar-refractivity contribution in [2.75, 3.05) is 57.4 Å². The Morgan fingerprint density at radius 3 is 2.17 bits per heavy atom. The molecule has 3 heterocycles. The summed E-state index contributed by atoms with van der Waals surface area (Å²) in [5.74, 6) is 0.207. The Hall–Kier alpha value is -1.63. The van der Waals surface area contributed by atoms with Gasteiger partial charge in [0.2, 0.25) is 5.91 Å². The molecule has 194 valence electrons. The number of likely N-dealkylation sites (tertiary alicyclic amines) is 1. The number of nitrogens with zero attached hydrogens (tertiary/aromatic N) is 3. The van der Waals surface area contributed by atoms with Crippen LogP contribution in [0.25, 0.3) is 0 Å². The molecule has 36 heavy (non-hydrogen) atoms. The summed E-state index contributed by atoms with van der Waals surface area (Å²) >= 11 is 12.9. The van der Waals surface area contributed by atoms with Gasteiger partial charge in [-0.05, 0) is 60.2 Å². The summed E-state index contributed by atoms with van der Waals surface area (Å²) < 4.78 is 5.48. The SMILES string of the molecule is CC(C)(C)c1ccc(CN2CCC3(CC2)C(=O)N(CCN2CCOCC2)c2cc(Cl)c(Cl)cc23)cc1. The molecule has 0 bridgehead atoms. The summed E-state index contributed by atoms with van der Waals surface area (Å²) in [6, 6.07) is 12.8. The van der Waals surface area contributed by atoms with Crippen molar-refractivity contribution in [1.29, 1.82) is 0 Å². The summed E-state index contributed by atoms with van der Waals surface area (Å²) in [7, 11) is 0. The molecule has 2 aromatic rings. The third-order valence-corrected chi connectivity index (χ3v) is 8.90. The number of hydrogen-bond acceptors (Lipinski definition) is 4. The van der Waals surface area contributed by atoms with E-state index in [1.165, 1.54) is 11.1 Å². The largest absolute Gasteiger partial charge is 0.379 e. The Bertz CT molecular complexity index is 1100. The van der Waals surface area contributed by atoms with Gasteiger partial charge in [0.15, 0.2) is 0 Å². The number of fused-ring (bicyclic) bond motifs is 2. The number of carbonyl (C=O) groups excluding carboxylic acids is 1. The fraction of sp³-hybridized carbons (Fsp3) is 0.552.